The topological polar surface area (TPSA) is 50.9 Å². The zero-order chi connectivity index (χ0) is 15.1. The van der Waals surface area contributed by atoms with Crippen LogP contribution in [0.3, 0.4) is 0 Å². The molecule has 0 fully saturated rings. The van der Waals surface area contributed by atoms with Crippen molar-refractivity contribution < 1.29 is 5.11 Å². The highest BCUT2D eigenvalue weighted by Gasteiger charge is 2.15. The minimum Gasteiger partial charge on any atom is -0.507 e. The summed E-state index contributed by atoms with van der Waals surface area (Å²) in [7, 11) is 0. The molecule has 0 aliphatic rings. The average molecular weight is 307 g/mol. The van der Waals surface area contributed by atoms with E-state index in [9.17, 15) is 5.11 Å². The fourth-order valence-electron chi connectivity index (χ4n) is 2.48. The first kappa shape index (κ1) is 13.0. The molecule has 0 spiro atoms. The van der Waals surface area contributed by atoms with Crippen LogP contribution in [0.4, 0.5) is 0 Å². The number of rotatable bonds is 2. The van der Waals surface area contributed by atoms with E-state index in [-0.39, 0.29) is 5.75 Å². The smallest absolute Gasteiger partial charge is 0.212 e. The number of aromatic hydroxyl groups is 1. The molecule has 0 atom stereocenters. The number of aromatic nitrogens is 3. The molecule has 0 aliphatic heterocycles. The minimum absolute atomic E-state index is 0.241. The van der Waals surface area contributed by atoms with Gasteiger partial charge in [-0.2, -0.15) is 5.10 Å². The van der Waals surface area contributed by atoms with Gasteiger partial charge in [-0.05, 0) is 37.3 Å². The van der Waals surface area contributed by atoms with Crippen LogP contribution in [0.1, 0.15) is 5.69 Å². The number of nitrogens with zero attached hydrogens (tertiary/aromatic N) is 3. The molecule has 0 bridgehead atoms. The second-order valence-corrected chi connectivity index (χ2v) is 6.07. The molecule has 108 valence electrons. The van der Waals surface area contributed by atoms with Gasteiger partial charge in [0.15, 0.2) is 0 Å². The first-order valence-corrected chi connectivity index (χ1v) is 7.75. The molecule has 0 saturated heterocycles. The van der Waals surface area contributed by atoms with Gasteiger partial charge in [0.25, 0.3) is 0 Å². The summed E-state index contributed by atoms with van der Waals surface area (Å²) in [6.45, 7) is 1.94. The molecule has 4 aromatic rings. The van der Waals surface area contributed by atoms with Gasteiger partial charge in [-0.3, -0.25) is 0 Å². The number of phenolic OH excluding ortho intramolecular Hbond substituents is 1. The van der Waals surface area contributed by atoms with Gasteiger partial charge >= 0.3 is 0 Å². The van der Waals surface area contributed by atoms with Crippen molar-refractivity contribution in [1.82, 2.24) is 14.8 Å². The van der Waals surface area contributed by atoms with Crippen LogP contribution in [0.2, 0.25) is 0 Å². The lowest BCUT2D eigenvalue weighted by Gasteiger charge is -2.05. The maximum Gasteiger partial charge on any atom is 0.212 e. The molecule has 5 heteroatoms. The first-order chi connectivity index (χ1) is 10.7. The van der Waals surface area contributed by atoms with Crippen LogP contribution in [0.25, 0.3) is 26.6 Å². The number of fused-ring (bicyclic) bond motifs is 1. The predicted molar refractivity (Wildman–Crippen MR) is 88.6 cm³/mol. The highest BCUT2D eigenvalue weighted by atomic mass is 32.1. The second-order valence-electron chi connectivity index (χ2n) is 5.06. The van der Waals surface area contributed by atoms with E-state index in [1.807, 2.05) is 55.5 Å². The zero-order valence-electron chi connectivity index (χ0n) is 11.9. The van der Waals surface area contributed by atoms with Crippen molar-refractivity contribution in [2.45, 2.75) is 6.92 Å². The number of benzene rings is 2. The molecule has 0 saturated carbocycles. The van der Waals surface area contributed by atoms with E-state index < -0.39 is 0 Å². The van der Waals surface area contributed by atoms with Crippen molar-refractivity contribution in [3.8, 4) is 22.1 Å². The molecule has 2 aromatic heterocycles. The monoisotopic (exact) mass is 307 g/mol. The maximum absolute atomic E-state index is 10.1. The van der Waals surface area contributed by atoms with E-state index in [0.717, 1.165) is 32.3 Å². The van der Waals surface area contributed by atoms with Gasteiger partial charge in [-0.15, -0.1) is 0 Å². The Labute approximate surface area is 131 Å². The second kappa shape index (κ2) is 4.96. The zero-order valence-corrected chi connectivity index (χ0v) is 12.7. The number of hydrogen-bond acceptors (Lipinski definition) is 4. The number of para-hydroxylation sites is 2. The van der Waals surface area contributed by atoms with Crippen LogP contribution >= 0.6 is 11.3 Å². The van der Waals surface area contributed by atoms with Gasteiger partial charge in [0.2, 0.25) is 5.13 Å². The SMILES string of the molecule is Cc1cc(-c2ccccc2O)n(-c2nc3ccccc3s2)n1. The van der Waals surface area contributed by atoms with E-state index >= 15 is 0 Å². The van der Waals surface area contributed by atoms with Crippen molar-refractivity contribution in [2.75, 3.05) is 0 Å². The quantitative estimate of drug-likeness (QED) is 0.605. The van der Waals surface area contributed by atoms with E-state index in [2.05, 4.69) is 10.1 Å². The minimum atomic E-state index is 0.241. The third-order valence-corrected chi connectivity index (χ3v) is 4.49. The normalized spacial score (nSPS) is 11.1. The standard InChI is InChI=1S/C17H13N3OS/c1-11-10-14(12-6-2-4-8-15(12)21)20(19-11)17-18-13-7-3-5-9-16(13)22-17/h2-10,21H,1H3. The highest BCUT2D eigenvalue weighted by molar-refractivity contribution is 7.20. The summed E-state index contributed by atoms with van der Waals surface area (Å²) in [6, 6.07) is 17.3. The number of aryl methyl sites for hydroxylation is 1. The van der Waals surface area contributed by atoms with Crippen LogP contribution in [0.15, 0.2) is 54.6 Å². The van der Waals surface area contributed by atoms with Crippen LogP contribution < -0.4 is 0 Å². The molecule has 4 rings (SSSR count). The van der Waals surface area contributed by atoms with Gasteiger partial charge < -0.3 is 5.11 Å². The Balaban J connectivity index is 1.94. The molecule has 2 heterocycles. The summed E-state index contributed by atoms with van der Waals surface area (Å²) in [5.74, 6) is 0.241. The summed E-state index contributed by atoms with van der Waals surface area (Å²) < 4.78 is 2.92. The number of thiazole rings is 1. The summed E-state index contributed by atoms with van der Waals surface area (Å²) in [5.41, 5.74) is 3.44. The Kier molecular flexibility index (Phi) is 2.94. The summed E-state index contributed by atoms with van der Waals surface area (Å²) in [5, 5.41) is 15.5. The lowest BCUT2D eigenvalue weighted by Crippen LogP contribution is -1.98. The van der Waals surface area contributed by atoms with Gasteiger partial charge in [0, 0.05) is 5.56 Å². The molecule has 0 radical (unpaired) electrons. The van der Waals surface area contributed by atoms with E-state index in [1.165, 1.54) is 0 Å². The van der Waals surface area contributed by atoms with Crippen molar-refractivity contribution in [3.05, 3.63) is 60.3 Å². The first-order valence-electron chi connectivity index (χ1n) is 6.93. The van der Waals surface area contributed by atoms with Gasteiger partial charge in [0.1, 0.15) is 5.75 Å². The third kappa shape index (κ3) is 2.07. The molecule has 2 aromatic carbocycles. The van der Waals surface area contributed by atoms with Crippen molar-refractivity contribution in [1.29, 1.82) is 0 Å². The highest BCUT2D eigenvalue weighted by Crippen LogP contribution is 2.33. The Morgan fingerprint density at radius 3 is 2.64 bits per heavy atom. The molecule has 1 N–H and O–H groups in total. The number of phenols is 1. The van der Waals surface area contributed by atoms with Gasteiger partial charge in [-0.25, -0.2) is 9.67 Å². The van der Waals surface area contributed by atoms with Gasteiger partial charge in [-0.1, -0.05) is 35.6 Å². The average Bonchev–Trinajstić information content (AvgIpc) is 3.10. The summed E-state index contributed by atoms with van der Waals surface area (Å²) in [4.78, 5) is 4.65. The maximum atomic E-state index is 10.1. The van der Waals surface area contributed by atoms with E-state index in [1.54, 1.807) is 22.1 Å². The fourth-order valence-corrected chi connectivity index (χ4v) is 3.41. The van der Waals surface area contributed by atoms with Crippen LogP contribution in [-0.4, -0.2) is 19.9 Å². The predicted octanol–water partition coefficient (Wildman–Crippen LogP) is 4.16. The largest absolute Gasteiger partial charge is 0.507 e. The molecular formula is C17H13N3OS. The Bertz CT molecular complexity index is 938. The van der Waals surface area contributed by atoms with E-state index in [4.69, 9.17) is 0 Å². The lowest BCUT2D eigenvalue weighted by atomic mass is 10.1. The molecular weight excluding hydrogens is 294 g/mol. The molecule has 0 amide bonds. The van der Waals surface area contributed by atoms with Crippen molar-refractivity contribution in [2.24, 2.45) is 0 Å². The summed E-state index contributed by atoms with van der Waals surface area (Å²) in [6.07, 6.45) is 0. The van der Waals surface area contributed by atoms with Crippen LogP contribution in [-0.2, 0) is 0 Å². The van der Waals surface area contributed by atoms with Crippen molar-refractivity contribution >= 4 is 21.6 Å². The molecule has 0 aliphatic carbocycles. The molecule has 4 nitrogen and oxygen atoms in total. The molecule has 22 heavy (non-hydrogen) atoms. The van der Waals surface area contributed by atoms with Crippen molar-refractivity contribution in [3.63, 3.8) is 0 Å². The van der Waals surface area contributed by atoms with E-state index in [0.29, 0.717) is 0 Å². The number of hydrogen-bond donors (Lipinski definition) is 1. The third-order valence-electron chi connectivity index (χ3n) is 3.48. The fraction of sp³-hybridized carbons (Fsp3) is 0.0588. The Morgan fingerprint density at radius 1 is 1.05 bits per heavy atom. The van der Waals surface area contributed by atoms with Gasteiger partial charge in [0.05, 0.1) is 21.6 Å². The summed E-state index contributed by atoms with van der Waals surface area (Å²) >= 11 is 1.59. The Hall–Kier alpha value is -2.66. The van der Waals surface area contributed by atoms with Crippen LogP contribution in [0.5, 0.6) is 5.75 Å². The lowest BCUT2D eigenvalue weighted by molar-refractivity contribution is 0.477. The van der Waals surface area contributed by atoms with Crippen LogP contribution in [0, 0.1) is 6.92 Å². The molecule has 0 unspecified atom stereocenters. The Morgan fingerprint density at radius 2 is 1.82 bits per heavy atom.